The lowest BCUT2D eigenvalue weighted by Crippen LogP contribution is -2.40. The van der Waals surface area contributed by atoms with E-state index in [-0.39, 0.29) is 17.5 Å². The molecule has 0 aromatic carbocycles. The lowest BCUT2D eigenvalue weighted by Gasteiger charge is -2.25. The highest BCUT2D eigenvalue weighted by atomic mass is 32.2. The van der Waals surface area contributed by atoms with Gasteiger partial charge < -0.3 is 10.6 Å². The highest BCUT2D eigenvalue weighted by molar-refractivity contribution is 7.91. The maximum absolute atomic E-state index is 11.1. The summed E-state index contributed by atoms with van der Waals surface area (Å²) < 4.78 is 26.1. The minimum atomic E-state index is -2.83. The second-order valence-electron chi connectivity index (χ2n) is 3.07. The van der Waals surface area contributed by atoms with E-state index in [0.29, 0.717) is 18.2 Å². The monoisotopic (exact) mass is 234 g/mol. The van der Waals surface area contributed by atoms with Gasteiger partial charge in [-0.25, -0.2) is 8.42 Å². The molecule has 0 spiro atoms. The van der Waals surface area contributed by atoms with E-state index in [1.807, 2.05) is 4.90 Å². The van der Waals surface area contributed by atoms with Gasteiger partial charge in [0.15, 0.2) is 9.84 Å². The Morgan fingerprint density at radius 3 is 2.50 bits per heavy atom. The molecule has 1 aliphatic heterocycles. The van der Waals surface area contributed by atoms with Crippen LogP contribution in [0.4, 0.5) is 11.1 Å². The number of nitrogen functional groups attached to an aromatic ring is 1. The van der Waals surface area contributed by atoms with Gasteiger partial charge in [-0.1, -0.05) is 0 Å². The van der Waals surface area contributed by atoms with Gasteiger partial charge in [-0.2, -0.15) is 9.36 Å². The van der Waals surface area contributed by atoms with Gasteiger partial charge in [0.2, 0.25) is 11.1 Å². The van der Waals surface area contributed by atoms with Crippen LogP contribution in [0.5, 0.6) is 0 Å². The molecule has 0 saturated carbocycles. The molecule has 1 fully saturated rings. The Bertz CT molecular complexity index is 413. The zero-order valence-corrected chi connectivity index (χ0v) is 9.01. The van der Waals surface area contributed by atoms with Crippen molar-refractivity contribution < 1.29 is 8.42 Å². The van der Waals surface area contributed by atoms with Crippen LogP contribution in [-0.4, -0.2) is 42.4 Å². The van der Waals surface area contributed by atoms with Crippen molar-refractivity contribution in [2.45, 2.75) is 0 Å². The number of nitrogens with two attached hydrogens (primary N) is 1. The predicted molar refractivity (Wildman–Crippen MR) is 55.2 cm³/mol. The smallest absolute Gasteiger partial charge is 0.233 e. The first-order valence-electron chi connectivity index (χ1n) is 4.11. The number of rotatable bonds is 1. The molecule has 1 aromatic heterocycles. The summed E-state index contributed by atoms with van der Waals surface area (Å²) in [4.78, 5) is 5.90. The molecular formula is C6H10N4O2S2. The molecule has 0 bridgehead atoms. The fourth-order valence-electron chi connectivity index (χ4n) is 1.26. The molecule has 1 aromatic rings. The first-order valence-corrected chi connectivity index (χ1v) is 6.71. The molecule has 0 radical (unpaired) electrons. The standard InChI is InChI=1S/C6H10N4O2S2/c7-5-8-6(13-9-5)10-1-3-14(11,12)4-2-10/h1-4H2,(H2,7,9). The normalized spacial score (nSPS) is 21.0. The Morgan fingerprint density at radius 2 is 2.00 bits per heavy atom. The summed E-state index contributed by atoms with van der Waals surface area (Å²) in [5, 5.41) is 0.706. The first kappa shape index (κ1) is 9.66. The van der Waals surface area contributed by atoms with Crippen molar-refractivity contribution in [3.05, 3.63) is 0 Å². The van der Waals surface area contributed by atoms with Gasteiger partial charge in [0.05, 0.1) is 11.5 Å². The van der Waals surface area contributed by atoms with Crippen LogP contribution in [0.2, 0.25) is 0 Å². The fourth-order valence-corrected chi connectivity index (χ4v) is 3.11. The molecular weight excluding hydrogens is 224 g/mol. The molecule has 14 heavy (non-hydrogen) atoms. The maximum Gasteiger partial charge on any atom is 0.233 e. The Hall–Kier alpha value is -0.890. The molecule has 2 heterocycles. The molecule has 1 saturated heterocycles. The Balaban J connectivity index is 2.09. The second kappa shape index (κ2) is 3.35. The summed E-state index contributed by atoms with van der Waals surface area (Å²) in [5.74, 6) is 0.623. The Kier molecular flexibility index (Phi) is 2.31. The van der Waals surface area contributed by atoms with E-state index < -0.39 is 9.84 Å². The molecule has 0 unspecified atom stereocenters. The third-order valence-corrected chi connectivity index (χ3v) is 4.45. The predicted octanol–water partition coefficient (Wildman–Crippen LogP) is -0.645. The minimum absolute atomic E-state index is 0.187. The van der Waals surface area contributed by atoms with Crippen LogP contribution in [-0.2, 0) is 9.84 Å². The average Bonchev–Trinajstić information content (AvgIpc) is 2.52. The fraction of sp³-hybridized carbons (Fsp3) is 0.667. The summed E-state index contributed by atoms with van der Waals surface area (Å²) >= 11 is 1.20. The molecule has 0 aliphatic carbocycles. The third kappa shape index (κ3) is 1.95. The Morgan fingerprint density at radius 1 is 1.36 bits per heavy atom. The average molecular weight is 234 g/mol. The van der Waals surface area contributed by atoms with Crippen molar-refractivity contribution in [1.29, 1.82) is 0 Å². The zero-order chi connectivity index (χ0) is 10.2. The van der Waals surface area contributed by atoms with E-state index in [4.69, 9.17) is 5.73 Å². The van der Waals surface area contributed by atoms with E-state index in [9.17, 15) is 8.42 Å². The van der Waals surface area contributed by atoms with Gasteiger partial charge in [-0.15, -0.1) is 0 Å². The van der Waals surface area contributed by atoms with E-state index in [0.717, 1.165) is 0 Å². The van der Waals surface area contributed by atoms with E-state index in [1.54, 1.807) is 0 Å². The molecule has 2 rings (SSSR count). The van der Waals surface area contributed by atoms with E-state index in [2.05, 4.69) is 9.36 Å². The molecule has 0 atom stereocenters. The highest BCUT2D eigenvalue weighted by Crippen LogP contribution is 2.19. The Labute approximate surface area is 85.8 Å². The summed E-state index contributed by atoms with van der Waals surface area (Å²) in [6.45, 7) is 0.966. The number of aromatic nitrogens is 2. The molecule has 1 aliphatic rings. The van der Waals surface area contributed by atoms with Crippen molar-refractivity contribution in [2.24, 2.45) is 0 Å². The number of anilines is 2. The van der Waals surface area contributed by atoms with E-state index >= 15 is 0 Å². The van der Waals surface area contributed by atoms with Crippen molar-refractivity contribution in [3.8, 4) is 0 Å². The summed E-state index contributed by atoms with van der Waals surface area (Å²) in [6.07, 6.45) is 0. The molecule has 6 nitrogen and oxygen atoms in total. The lowest BCUT2D eigenvalue weighted by atomic mass is 10.5. The van der Waals surface area contributed by atoms with Gasteiger partial charge >= 0.3 is 0 Å². The van der Waals surface area contributed by atoms with Gasteiger partial charge in [0, 0.05) is 24.6 Å². The summed E-state index contributed by atoms with van der Waals surface area (Å²) in [7, 11) is -2.83. The second-order valence-corrected chi connectivity index (χ2v) is 6.11. The van der Waals surface area contributed by atoms with Crippen LogP contribution in [0.3, 0.4) is 0 Å². The van der Waals surface area contributed by atoms with Crippen LogP contribution in [0.15, 0.2) is 0 Å². The lowest BCUT2D eigenvalue weighted by molar-refractivity contribution is 0.586. The van der Waals surface area contributed by atoms with Crippen LogP contribution >= 0.6 is 11.5 Å². The number of nitrogens with zero attached hydrogens (tertiary/aromatic N) is 3. The zero-order valence-electron chi connectivity index (χ0n) is 7.38. The summed E-state index contributed by atoms with van der Waals surface area (Å²) in [5.41, 5.74) is 5.38. The van der Waals surface area contributed by atoms with Crippen LogP contribution in [0.25, 0.3) is 0 Å². The maximum atomic E-state index is 11.1. The van der Waals surface area contributed by atoms with Crippen molar-refractivity contribution >= 4 is 32.4 Å². The molecule has 0 amide bonds. The van der Waals surface area contributed by atoms with Crippen molar-refractivity contribution in [2.75, 3.05) is 35.2 Å². The minimum Gasteiger partial charge on any atom is -0.367 e. The topological polar surface area (TPSA) is 89.2 Å². The SMILES string of the molecule is Nc1nsc(N2CCS(=O)(=O)CC2)n1. The van der Waals surface area contributed by atoms with Gasteiger partial charge in [0.25, 0.3) is 0 Å². The number of sulfone groups is 1. The quantitative estimate of drug-likeness (QED) is 0.695. The number of hydrogen-bond acceptors (Lipinski definition) is 7. The van der Waals surface area contributed by atoms with Crippen molar-refractivity contribution in [3.63, 3.8) is 0 Å². The van der Waals surface area contributed by atoms with Crippen molar-refractivity contribution in [1.82, 2.24) is 9.36 Å². The molecule has 2 N–H and O–H groups in total. The van der Waals surface area contributed by atoms with Gasteiger partial charge in [-0.3, -0.25) is 0 Å². The largest absolute Gasteiger partial charge is 0.367 e. The number of hydrogen-bond donors (Lipinski definition) is 1. The molecule has 8 heteroatoms. The molecule has 78 valence electrons. The highest BCUT2D eigenvalue weighted by Gasteiger charge is 2.23. The van der Waals surface area contributed by atoms with Gasteiger partial charge in [-0.05, 0) is 0 Å². The van der Waals surface area contributed by atoms with Crippen LogP contribution in [0.1, 0.15) is 0 Å². The van der Waals surface area contributed by atoms with Crippen LogP contribution < -0.4 is 10.6 Å². The van der Waals surface area contributed by atoms with E-state index in [1.165, 1.54) is 11.5 Å². The van der Waals surface area contributed by atoms with Crippen LogP contribution in [0, 0.1) is 0 Å². The van der Waals surface area contributed by atoms with Gasteiger partial charge in [0.1, 0.15) is 0 Å². The third-order valence-electron chi connectivity index (χ3n) is 2.05. The summed E-state index contributed by atoms with van der Waals surface area (Å²) in [6, 6.07) is 0. The first-order chi connectivity index (χ1) is 6.57.